The Bertz CT molecular complexity index is 276. The van der Waals surface area contributed by atoms with E-state index in [4.69, 9.17) is 4.74 Å². The zero-order valence-electron chi connectivity index (χ0n) is 7.55. The van der Waals surface area contributed by atoms with Crippen LogP contribution in [0.15, 0.2) is 24.8 Å². The van der Waals surface area contributed by atoms with Crippen molar-refractivity contribution in [3.63, 3.8) is 0 Å². The SMILES string of the molecule is C=[C]c1cccc(OC)c1CC. The maximum absolute atomic E-state index is 5.21. The average molecular weight is 161 g/mol. The Morgan fingerprint density at radius 3 is 2.75 bits per heavy atom. The maximum atomic E-state index is 5.21. The molecule has 0 fully saturated rings. The minimum Gasteiger partial charge on any atom is -0.496 e. The predicted molar refractivity (Wildman–Crippen MR) is 50.3 cm³/mol. The van der Waals surface area contributed by atoms with E-state index >= 15 is 0 Å². The van der Waals surface area contributed by atoms with Gasteiger partial charge in [-0.2, -0.15) is 0 Å². The van der Waals surface area contributed by atoms with Gasteiger partial charge in [0.2, 0.25) is 0 Å². The summed E-state index contributed by atoms with van der Waals surface area (Å²) >= 11 is 0. The molecule has 1 aromatic carbocycles. The minimum absolute atomic E-state index is 0.922. The van der Waals surface area contributed by atoms with Gasteiger partial charge in [-0.25, -0.2) is 0 Å². The monoisotopic (exact) mass is 161 g/mol. The second-order valence-electron chi connectivity index (χ2n) is 2.52. The van der Waals surface area contributed by atoms with Crippen molar-refractivity contribution in [2.75, 3.05) is 7.11 Å². The molecule has 0 aliphatic rings. The van der Waals surface area contributed by atoms with E-state index in [1.165, 1.54) is 5.56 Å². The van der Waals surface area contributed by atoms with Crippen LogP contribution in [0.3, 0.4) is 0 Å². The molecule has 63 valence electrons. The van der Waals surface area contributed by atoms with E-state index in [9.17, 15) is 0 Å². The van der Waals surface area contributed by atoms with E-state index in [0.717, 1.165) is 17.7 Å². The average Bonchev–Trinajstić information content (AvgIpc) is 2.16. The van der Waals surface area contributed by atoms with Crippen molar-refractivity contribution < 1.29 is 4.74 Å². The van der Waals surface area contributed by atoms with Gasteiger partial charge in [0.15, 0.2) is 0 Å². The van der Waals surface area contributed by atoms with Crippen LogP contribution in [-0.4, -0.2) is 7.11 Å². The van der Waals surface area contributed by atoms with Crippen molar-refractivity contribution in [1.82, 2.24) is 0 Å². The molecular formula is C11H13O. The van der Waals surface area contributed by atoms with Gasteiger partial charge in [0.1, 0.15) is 5.75 Å². The lowest BCUT2D eigenvalue weighted by Crippen LogP contribution is -1.93. The van der Waals surface area contributed by atoms with Crippen LogP contribution in [0.5, 0.6) is 5.75 Å². The molecule has 0 amide bonds. The van der Waals surface area contributed by atoms with Crippen molar-refractivity contribution in [2.45, 2.75) is 13.3 Å². The third kappa shape index (κ3) is 1.50. The second-order valence-corrected chi connectivity index (χ2v) is 2.52. The van der Waals surface area contributed by atoms with Crippen LogP contribution >= 0.6 is 0 Å². The van der Waals surface area contributed by atoms with E-state index < -0.39 is 0 Å². The van der Waals surface area contributed by atoms with E-state index in [0.29, 0.717) is 0 Å². The van der Waals surface area contributed by atoms with Gasteiger partial charge in [0, 0.05) is 5.56 Å². The first-order chi connectivity index (χ1) is 5.83. The fourth-order valence-electron chi connectivity index (χ4n) is 1.29. The van der Waals surface area contributed by atoms with Crippen molar-refractivity contribution in [3.05, 3.63) is 42.0 Å². The highest BCUT2D eigenvalue weighted by Gasteiger charge is 2.03. The third-order valence-electron chi connectivity index (χ3n) is 1.90. The van der Waals surface area contributed by atoms with Crippen LogP contribution in [0.4, 0.5) is 0 Å². The Morgan fingerprint density at radius 2 is 2.25 bits per heavy atom. The highest BCUT2D eigenvalue weighted by atomic mass is 16.5. The topological polar surface area (TPSA) is 9.23 Å². The zero-order valence-corrected chi connectivity index (χ0v) is 7.55. The van der Waals surface area contributed by atoms with E-state index in [-0.39, 0.29) is 0 Å². The molecule has 0 saturated carbocycles. The number of benzene rings is 1. The molecule has 0 spiro atoms. The quantitative estimate of drug-likeness (QED) is 0.662. The minimum atomic E-state index is 0.922. The summed E-state index contributed by atoms with van der Waals surface area (Å²) in [4.78, 5) is 0. The molecule has 0 atom stereocenters. The molecule has 0 saturated heterocycles. The number of hydrogen-bond donors (Lipinski definition) is 0. The van der Waals surface area contributed by atoms with Gasteiger partial charge in [-0.05, 0) is 24.1 Å². The Morgan fingerprint density at radius 1 is 1.50 bits per heavy atom. The lowest BCUT2D eigenvalue weighted by atomic mass is 10.0. The van der Waals surface area contributed by atoms with Gasteiger partial charge in [-0.1, -0.05) is 25.6 Å². The lowest BCUT2D eigenvalue weighted by molar-refractivity contribution is 0.410. The highest BCUT2D eigenvalue weighted by molar-refractivity contribution is 5.42. The predicted octanol–water partition coefficient (Wildman–Crippen LogP) is 2.59. The highest BCUT2D eigenvalue weighted by Crippen LogP contribution is 2.22. The molecule has 0 heterocycles. The Kier molecular flexibility index (Phi) is 2.92. The first-order valence-corrected chi connectivity index (χ1v) is 4.02. The van der Waals surface area contributed by atoms with Crippen LogP contribution in [-0.2, 0) is 6.42 Å². The van der Waals surface area contributed by atoms with Crippen LogP contribution in [0.1, 0.15) is 18.1 Å². The first-order valence-electron chi connectivity index (χ1n) is 4.02. The lowest BCUT2D eigenvalue weighted by Gasteiger charge is -2.08. The van der Waals surface area contributed by atoms with Gasteiger partial charge >= 0.3 is 0 Å². The largest absolute Gasteiger partial charge is 0.496 e. The van der Waals surface area contributed by atoms with Crippen molar-refractivity contribution in [2.24, 2.45) is 0 Å². The first kappa shape index (κ1) is 8.85. The summed E-state index contributed by atoms with van der Waals surface area (Å²) < 4.78 is 5.21. The zero-order chi connectivity index (χ0) is 8.97. The van der Waals surface area contributed by atoms with E-state index in [1.54, 1.807) is 7.11 Å². The molecule has 1 aromatic rings. The summed E-state index contributed by atoms with van der Waals surface area (Å²) in [6.07, 6.45) is 3.84. The summed E-state index contributed by atoms with van der Waals surface area (Å²) in [6, 6.07) is 5.90. The summed E-state index contributed by atoms with van der Waals surface area (Å²) in [5, 5.41) is 0. The molecule has 0 aliphatic heterocycles. The number of hydrogen-bond acceptors (Lipinski definition) is 1. The molecule has 12 heavy (non-hydrogen) atoms. The van der Waals surface area contributed by atoms with Gasteiger partial charge in [-0.15, -0.1) is 0 Å². The van der Waals surface area contributed by atoms with Crippen LogP contribution in [0.25, 0.3) is 0 Å². The molecule has 0 aromatic heterocycles. The molecule has 1 nitrogen and oxygen atoms in total. The Hall–Kier alpha value is -1.24. The fraction of sp³-hybridized carbons (Fsp3) is 0.273. The van der Waals surface area contributed by atoms with E-state index in [1.807, 2.05) is 18.2 Å². The summed E-state index contributed by atoms with van der Waals surface area (Å²) in [5.41, 5.74) is 2.21. The second kappa shape index (κ2) is 3.96. The Labute approximate surface area is 73.7 Å². The van der Waals surface area contributed by atoms with Crippen LogP contribution < -0.4 is 4.74 Å². The number of rotatable bonds is 3. The van der Waals surface area contributed by atoms with Crippen molar-refractivity contribution >= 4 is 0 Å². The molecule has 0 aliphatic carbocycles. The number of ether oxygens (including phenoxy) is 1. The standard InChI is InChI=1S/C11H13O/c1-4-9-7-6-8-11(12-3)10(9)5-2/h6-8H,1,5H2,2-3H3. The summed E-state index contributed by atoms with van der Waals surface area (Å²) in [7, 11) is 1.68. The fourth-order valence-corrected chi connectivity index (χ4v) is 1.29. The molecule has 1 heteroatoms. The summed E-state index contributed by atoms with van der Waals surface area (Å²) in [6.45, 7) is 5.73. The van der Waals surface area contributed by atoms with Crippen molar-refractivity contribution in [3.8, 4) is 5.75 Å². The molecule has 0 bridgehead atoms. The maximum Gasteiger partial charge on any atom is 0.122 e. The molecule has 1 rings (SSSR count). The van der Waals surface area contributed by atoms with Gasteiger partial charge < -0.3 is 4.74 Å². The molecule has 0 unspecified atom stereocenters. The normalized spacial score (nSPS) is 9.50. The van der Waals surface area contributed by atoms with Gasteiger partial charge in [0.25, 0.3) is 0 Å². The van der Waals surface area contributed by atoms with Gasteiger partial charge in [-0.3, -0.25) is 0 Å². The number of methoxy groups -OCH3 is 1. The smallest absolute Gasteiger partial charge is 0.122 e. The molecule has 1 radical (unpaired) electrons. The van der Waals surface area contributed by atoms with E-state index in [2.05, 4.69) is 19.6 Å². The van der Waals surface area contributed by atoms with Crippen molar-refractivity contribution in [1.29, 1.82) is 0 Å². The van der Waals surface area contributed by atoms with Crippen LogP contribution in [0.2, 0.25) is 0 Å². The van der Waals surface area contributed by atoms with Crippen LogP contribution in [0, 0.1) is 6.08 Å². The van der Waals surface area contributed by atoms with Gasteiger partial charge in [0.05, 0.1) is 7.11 Å². The molecule has 0 N–H and O–H groups in total. The summed E-state index contributed by atoms with van der Waals surface area (Å²) in [5.74, 6) is 0.922. The third-order valence-corrected chi connectivity index (χ3v) is 1.90. The Balaban J connectivity index is 3.21. The molecular weight excluding hydrogens is 148 g/mol.